The zero-order valence-corrected chi connectivity index (χ0v) is 18.4. The summed E-state index contributed by atoms with van der Waals surface area (Å²) in [4.78, 5) is 33.1. The molecule has 0 saturated heterocycles. The zero-order valence-electron chi connectivity index (χ0n) is 17.6. The number of aryl methyl sites for hydroxylation is 1. The highest BCUT2D eigenvalue weighted by atomic mass is 32.1. The van der Waals surface area contributed by atoms with Gasteiger partial charge in [0.15, 0.2) is 10.8 Å². The van der Waals surface area contributed by atoms with E-state index in [-0.39, 0.29) is 17.9 Å². The van der Waals surface area contributed by atoms with E-state index in [9.17, 15) is 9.59 Å². The summed E-state index contributed by atoms with van der Waals surface area (Å²) in [5.41, 5.74) is 4.26. The van der Waals surface area contributed by atoms with Gasteiger partial charge in [-0.2, -0.15) is 5.10 Å². The van der Waals surface area contributed by atoms with Crippen LogP contribution in [0.4, 0.5) is 10.8 Å². The Hall–Kier alpha value is -3.59. The molecule has 2 N–H and O–H groups in total. The smallest absolute Gasteiger partial charge is 0.259 e. The molecule has 0 aliphatic heterocycles. The van der Waals surface area contributed by atoms with Crippen molar-refractivity contribution in [3.63, 3.8) is 0 Å². The van der Waals surface area contributed by atoms with Gasteiger partial charge in [0, 0.05) is 35.0 Å². The number of carbonyl (C=O) groups is 2. The third kappa shape index (κ3) is 4.31. The van der Waals surface area contributed by atoms with Crippen molar-refractivity contribution in [1.82, 2.24) is 19.7 Å². The van der Waals surface area contributed by atoms with Crippen LogP contribution >= 0.6 is 11.3 Å². The summed E-state index contributed by atoms with van der Waals surface area (Å²) in [6.07, 6.45) is 1.73. The predicted molar refractivity (Wildman–Crippen MR) is 122 cm³/mol. The van der Waals surface area contributed by atoms with E-state index in [0.717, 1.165) is 28.0 Å². The van der Waals surface area contributed by atoms with Crippen LogP contribution in [0.3, 0.4) is 0 Å². The first-order chi connectivity index (χ1) is 14.8. The lowest BCUT2D eigenvalue weighted by Crippen LogP contribution is -2.14. The van der Waals surface area contributed by atoms with E-state index in [0.29, 0.717) is 16.4 Å². The van der Waals surface area contributed by atoms with Crippen LogP contribution in [0.15, 0.2) is 41.9 Å². The van der Waals surface area contributed by atoms with Gasteiger partial charge in [-0.1, -0.05) is 12.1 Å². The Labute approximate surface area is 183 Å². The molecule has 4 aromatic rings. The van der Waals surface area contributed by atoms with Crippen LogP contribution in [0.1, 0.15) is 42.9 Å². The Morgan fingerprint density at radius 2 is 1.84 bits per heavy atom. The number of hydrogen-bond acceptors (Lipinski definition) is 6. The number of carbonyl (C=O) groups excluding carboxylic acids is 2. The van der Waals surface area contributed by atoms with Crippen LogP contribution in [0.2, 0.25) is 0 Å². The van der Waals surface area contributed by atoms with E-state index in [1.165, 1.54) is 18.3 Å². The molecule has 0 radical (unpaired) electrons. The number of rotatable bonds is 5. The number of nitrogens with zero attached hydrogens (tertiary/aromatic N) is 4. The van der Waals surface area contributed by atoms with Gasteiger partial charge < -0.3 is 5.32 Å². The normalized spacial score (nSPS) is 11.1. The molecule has 0 saturated carbocycles. The van der Waals surface area contributed by atoms with Crippen molar-refractivity contribution < 1.29 is 9.59 Å². The van der Waals surface area contributed by atoms with E-state index in [2.05, 4.69) is 25.7 Å². The van der Waals surface area contributed by atoms with Crippen molar-refractivity contribution in [2.45, 2.75) is 33.7 Å². The molecule has 0 bridgehead atoms. The van der Waals surface area contributed by atoms with Gasteiger partial charge >= 0.3 is 0 Å². The number of aromatic nitrogens is 4. The molecule has 3 aromatic heterocycles. The minimum absolute atomic E-state index is 0.120. The van der Waals surface area contributed by atoms with Crippen molar-refractivity contribution in [3.8, 4) is 11.3 Å². The van der Waals surface area contributed by atoms with Gasteiger partial charge in [-0.25, -0.2) is 14.6 Å². The van der Waals surface area contributed by atoms with Crippen LogP contribution in [-0.2, 0) is 4.79 Å². The standard InChI is InChI=1S/C22H22N6O2S/c1-12(2)28-20-16(10-23-28)9-18(13(3)24-20)21(30)27-22-26-19(11-31-22)15-5-7-17(8-6-15)25-14(4)29/h5-12H,1-4H3,(H,25,29)(H,26,27,30). The third-order valence-electron chi connectivity index (χ3n) is 4.72. The van der Waals surface area contributed by atoms with E-state index < -0.39 is 0 Å². The number of anilines is 2. The monoisotopic (exact) mass is 434 g/mol. The SMILES string of the molecule is CC(=O)Nc1ccc(-c2csc(NC(=O)c3cc4cnn(C(C)C)c4nc3C)n2)cc1. The molecule has 3 heterocycles. The molecule has 0 unspecified atom stereocenters. The Balaban J connectivity index is 1.52. The van der Waals surface area contributed by atoms with E-state index in [1.54, 1.807) is 6.20 Å². The molecule has 0 fully saturated rings. The van der Waals surface area contributed by atoms with Crippen LogP contribution < -0.4 is 10.6 Å². The molecule has 0 spiro atoms. The fourth-order valence-corrected chi connectivity index (χ4v) is 3.94. The van der Waals surface area contributed by atoms with Gasteiger partial charge in [0.2, 0.25) is 5.91 Å². The molecule has 1 aromatic carbocycles. The van der Waals surface area contributed by atoms with Crippen molar-refractivity contribution in [1.29, 1.82) is 0 Å². The molecule has 158 valence electrons. The number of benzene rings is 1. The molecule has 8 nitrogen and oxygen atoms in total. The number of nitrogens with one attached hydrogen (secondary N) is 2. The number of hydrogen-bond donors (Lipinski definition) is 2. The lowest BCUT2D eigenvalue weighted by molar-refractivity contribution is -0.114. The van der Waals surface area contributed by atoms with E-state index in [1.807, 2.05) is 61.2 Å². The average Bonchev–Trinajstić information content (AvgIpc) is 3.34. The maximum atomic E-state index is 12.9. The first-order valence-corrected chi connectivity index (χ1v) is 10.7. The van der Waals surface area contributed by atoms with Crippen LogP contribution in [0, 0.1) is 6.92 Å². The summed E-state index contributed by atoms with van der Waals surface area (Å²) in [6, 6.07) is 9.38. The molecule has 0 aliphatic rings. The van der Waals surface area contributed by atoms with Crippen LogP contribution in [0.25, 0.3) is 22.3 Å². The second-order valence-electron chi connectivity index (χ2n) is 7.47. The maximum absolute atomic E-state index is 12.9. The van der Waals surface area contributed by atoms with Gasteiger partial charge in [-0.3, -0.25) is 14.9 Å². The zero-order chi connectivity index (χ0) is 22.1. The number of amides is 2. The minimum atomic E-state index is -0.258. The van der Waals surface area contributed by atoms with Gasteiger partial charge in [0.1, 0.15) is 0 Å². The highest BCUT2D eigenvalue weighted by molar-refractivity contribution is 7.14. The quantitative estimate of drug-likeness (QED) is 0.476. The molecule has 0 aliphatic carbocycles. The van der Waals surface area contributed by atoms with Gasteiger partial charge in [-0.15, -0.1) is 11.3 Å². The summed E-state index contributed by atoms with van der Waals surface area (Å²) in [7, 11) is 0. The second-order valence-corrected chi connectivity index (χ2v) is 8.33. The first-order valence-electron chi connectivity index (χ1n) is 9.81. The van der Waals surface area contributed by atoms with Gasteiger partial charge in [0.25, 0.3) is 5.91 Å². The Kier molecular flexibility index (Phi) is 5.51. The summed E-state index contributed by atoms with van der Waals surface area (Å²) in [6.45, 7) is 7.36. The first kappa shape index (κ1) is 20.7. The molecule has 31 heavy (non-hydrogen) atoms. The summed E-state index contributed by atoms with van der Waals surface area (Å²) >= 11 is 1.35. The Morgan fingerprint density at radius 1 is 1.10 bits per heavy atom. The highest BCUT2D eigenvalue weighted by Crippen LogP contribution is 2.27. The fourth-order valence-electron chi connectivity index (χ4n) is 3.23. The summed E-state index contributed by atoms with van der Waals surface area (Å²) < 4.78 is 1.84. The maximum Gasteiger partial charge on any atom is 0.259 e. The highest BCUT2D eigenvalue weighted by Gasteiger charge is 2.17. The number of thiazole rings is 1. The largest absolute Gasteiger partial charge is 0.326 e. The fraction of sp³-hybridized carbons (Fsp3) is 0.227. The Morgan fingerprint density at radius 3 is 2.52 bits per heavy atom. The molecule has 0 atom stereocenters. The second kappa shape index (κ2) is 8.27. The van der Waals surface area contributed by atoms with Crippen molar-refractivity contribution in [2.24, 2.45) is 0 Å². The molecular weight excluding hydrogens is 412 g/mol. The molecular formula is C22H22N6O2S. The predicted octanol–water partition coefficient (Wildman–Crippen LogP) is 4.65. The van der Waals surface area contributed by atoms with E-state index >= 15 is 0 Å². The molecule has 2 amide bonds. The number of fused-ring (bicyclic) bond motifs is 1. The topological polar surface area (TPSA) is 102 Å². The summed E-state index contributed by atoms with van der Waals surface area (Å²) in [5.74, 6) is -0.378. The van der Waals surface area contributed by atoms with Crippen LogP contribution in [0.5, 0.6) is 0 Å². The van der Waals surface area contributed by atoms with Crippen molar-refractivity contribution >= 4 is 45.0 Å². The van der Waals surface area contributed by atoms with Gasteiger partial charge in [-0.05, 0) is 39.0 Å². The summed E-state index contributed by atoms with van der Waals surface area (Å²) in [5, 5.41) is 13.2. The van der Waals surface area contributed by atoms with Crippen molar-refractivity contribution in [2.75, 3.05) is 10.6 Å². The average molecular weight is 435 g/mol. The lowest BCUT2D eigenvalue weighted by Gasteiger charge is -2.09. The van der Waals surface area contributed by atoms with Gasteiger partial charge in [0.05, 0.1) is 23.1 Å². The minimum Gasteiger partial charge on any atom is -0.326 e. The van der Waals surface area contributed by atoms with Crippen molar-refractivity contribution in [3.05, 3.63) is 53.2 Å². The van der Waals surface area contributed by atoms with E-state index in [4.69, 9.17) is 0 Å². The Bertz CT molecular complexity index is 1270. The lowest BCUT2D eigenvalue weighted by atomic mass is 10.1. The third-order valence-corrected chi connectivity index (χ3v) is 5.48. The number of pyridine rings is 1. The molecule has 9 heteroatoms. The van der Waals surface area contributed by atoms with Crippen LogP contribution in [-0.4, -0.2) is 31.6 Å². The molecule has 4 rings (SSSR count).